The van der Waals surface area contributed by atoms with Crippen molar-refractivity contribution in [2.75, 3.05) is 13.2 Å². The summed E-state index contributed by atoms with van der Waals surface area (Å²) in [5.74, 6) is 1.30. The van der Waals surface area contributed by atoms with E-state index in [-0.39, 0.29) is 12.4 Å². The maximum absolute atomic E-state index is 6.21. The third-order valence-electron chi connectivity index (χ3n) is 4.93. The Kier molecular flexibility index (Phi) is 8.05. The van der Waals surface area contributed by atoms with Gasteiger partial charge in [0, 0.05) is 6.42 Å². The zero-order valence-corrected chi connectivity index (χ0v) is 16.7. The van der Waals surface area contributed by atoms with Gasteiger partial charge < -0.3 is 14.2 Å². The quantitative estimate of drug-likeness (QED) is 0.367. The van der Waals surface area contributed by atoms with E-state index < -0.39 is 0 Å². The van der Waals surface area contributed by atoms with Crippen LogP contribution in [0.4, 0.5) is 0 Å². The maximum atomic E-state index is 6.21. The number of allylic oxidation sites excluding steroid dienone is 1. The minimum Gasteiger partial charge on any atom is -0.370 e. The summed E-state index contributed by atoms with van der Waals surface area (Å²) in [5.41, 5.74) is 1.27. The molecule has 4 heteroatoms. The molecule has 3 nitrogen and oxygen atoms in total. The summed E-state index contributed by atoms with van der Waals surface area (Å²) in [6, 6.07) is 0. The molecule has 0 radical (unpaired) electrons. The third kappa shape index (κ3) is 6.48. The summed E-state index contributed by atoms with van der Waals surface area (Å²) >= 11 is 2.35. The van der Waals surface area contributed by atoms with Gasteiger partial charge in [0.15, 0.2) is 6.29 Å². The molecule has 0 aromatic heterocycles. The summed E-state index contributed by atoms with van der Waals surface area (Å²) in [4.78, 5) is 0. The molecular formula is C19H31IO3. The topological polar surface area (TPSA) is 27.7 Å². The fourth-order valence-corrected chi connectivity index (χ4v) is 3.68. The Bertz CT molecular complexity index is 403. The normalized spacial score (nSPS) is 28.2. The Morgan fingerprint density at radius 2 is 1.91 bits per heavy atom. The molecule has 0 amide bonds. The summed E-state index contributed by atoms with van der Waals surface area (Å²) in [6.07, 6.45) is 6.93. The highest BCUT2D eigenvalue weighted by Crippen LogP contribution is 2.33. The van der Waals surface area contributed by atoms with Crippen LogP contribution < -0.4 is 0 Å². The van der Waals surface area contributed by atoms with Crippen molar-refractivity contribution in [1.29, 1.82) is 0 Å². The first-order valence-electron chi connectivity index (χ1n) is 8.86. The van der Waals surface area contributed by atoms with Gasteiger partial charge in [0.25, 0.3) is 0 Å². The van der Waals surface area contributed by atoms with Crippen LogP contribution in [-0.4, -0.2) is 31.7 Å². The van der Waals surface area contributed by atoms with E-state index in [9.17, 15) is 0 Å². The van der Waals surface area contributed by atoms with Crippen LogP contribution in [0.15, 0.2) is 22.3 Å². The van der Waals surface area contributed by atoms with Crippen LogP contribution >= 0.6 is 22.6 Å². The second kappa shape index (κ2) is 9.54. The van der Waals surface area contributed by atoms with Gasteiger partial charge in [-0.25, -0.2) is 0 Å². The molecule has 0 spiro atoms. The first kappa shape index (κ1) is 19.4. The number of rotatable bonds is 9. The van der Waals surface area contributed by atoms with Gasteiger partial charge in [-0.15, -0.1) is 0 Å². The van der Waals surface area contributed by atoms with E-state index >= 15 is 0 Å². The van der Waals surface area contributed by atoms with E-state index in [1.165, 1.54) is 22.0 Å². The van der Waals surface area contributed by atoms with Gasteiger partial charge in [0.2, 0.25) is 0 Å². The molecule has 2 aliphatic heterocycles. The molecule has 0 aliphatic carbocycles. The lowest BCUT2D eigenvalue weighted by molar-refractivity contribution is -0.0587. The van der Waals surface area contributed by atoms with E-state index in [0.29, 0.717) is 17.9 Å². The molecule has 2 rings (SSSR count). The van der Waals surface area contributed by atoms with Crippen LogP contribution in [0.3, 0.4) is 0 Å². The summed E-state index contributed by atoms with van der Waals surface area (Å²) < 4.78 is 18.5. The minimum atomic E-state index is -0.0196. The van der Waals surface area contributed by atoms with E-state index in [2.05, 4.69) is 49.6 Å². The smallest absolute Gasteiger partial charge is 0.157 e. The Morgan fingerprint density at radius 3 is 2.57 bits per heavy atom. The lowest BCUT2D eigenvalue weighted by Crippen LogP contribution is -2.16. The van der Waals surface area contributed by atoms with Crippen LogP contribution in [0.5, 0.6) is 0 Å². The Hall–Kier alpha value is 0.0900. The highest BCUT2D eigenvalue weighted by molar-refractivity contribution is 14.1. The van der Waals surface area contributed by atoms with E-state index in [1.807, 2.05) is 0 Å². The van der Waals surface area contributed by atoms with E-state index in [4.69, 9.17) is 14.2 Å². The fraction of sp³-hybridized carbons (Fsp3) is 0.789. The van der Waals surface area contributed by atoms with Crippen molar-refractivity contribution in [2.45, 2.75) is 70.9 Å². The predicted octanol–water partition coefficient (Wildman–Crippen LogP) is 5.24. The van der Waals surface area contributed by atoms with Crippen molar-refractivity contribution >= 4 is 22.6 Å². The average molecular weight is 434 g/mol. The SMILES string of the molecule is C=C(I)[C@H](C)C[C@@H](C)CC[C@@H]1O[C@@H](CCC2OCCO2)CC1=C. The minimum absolute atomic E-state index is 0.0196. The standard InChI is InChI=1S/C19H31IO3/c1-13(11-14(2)16(4)20)5-7-18-15(3)12-17(23-18)6-8-19-21-9-10-22-19/h13-14,17-19H,3-12H2,1-2H3/t13-,14+,17-,18-/m0/s1. The molecule has 132 valence electrons. The fourth-order valence-electron chi connectivity index (χ4n) is 3.42. The molecule has 2 saturated heterocycles. The first-order valence-corrected chi connectivity index (χ1v) is 9.94. The third-order valence-corrected chi connectivity index (χ3v) is 5.99. The van der Waals surface area contributed by atoms with Crippen molar-refractivity contribution < 1.29 is 14.2 Å². The zero-order valence-electron chi connectivity index (χ0n) is 14.6. The lowest BCUT2D eigenvalue weighted by Gasteiger charge is -2.19. The highest BCUT2D eigenvalue weighted by Gasteiger charge is 2.30. The Morgan fingerprint density at radius 1 is 1.22 bits per heavy atom. The zero-order chi connectivity index (χ0) is 16.8. The summed E-state index contributed by atoms with van der Waals surface area (Å²) in [7, 11) is 0. The van der Waals surface area contributed by atoms with Gasteiger partial charge >= 0.3 is 0 Å². The van der Waals surface area contributed by atoms with Crippen molar-refractivity contribution in [1.82, 2.24) is 0 Å². The van der Waals surface area contributed by atoms with E-state index in [1.54, 1.807) is 0 Å². The van der Waals surface area contributed by atoms with Crippen molar-refractivity contribution in [3.8, 4) is 0 Å². The van der Waals surface area contributed by atoms with E-state index in [0.717, 1.165) is 38.9 Å². The molecule has 0 bridgehead atoms. The molecule has 0 N–H and O–H groups in total. The van der Waals surface area contributed by atoms with Gasteiger partial charge in [-0.3, -0.25) is 0 Å². The molecule has 4 atom stereocenters. The first-order chi connectivity index (χ1) is 11.0. The number of ether oxygens (including phenoxy) is 3. The second-order valence-electron chi connectivity index (χ2n) is 7.12. The van der Waals surface area contributed by atoms with Gasteiger partial charge in [0.05, 0.1) is 25.4 Å². The molecule has 0 saturated carbocycles. The molecular weight excluding hydrogens is 403 g/mol. The Balaban J connectivity index is 1.65. The van der Waals surface area contributed by atoms with Crippen molar-refractivity contribution in [2.24, 2.45) is 11.8 Å². The largest absolute Gasteiger partial charge is 0.370 e. The molecule has 2 heterocycles. The van der Waals surface area contributed by atoms with Crippen molar-refractivity contribution in [3.63, 3.8) is 0 Å². The van der Waals surface area contributed by atoms with Gasteiger partial charge in [-0.1, -0.05) is 27.0 Å². The highest BCUT2D eigenvalue weighted by atomic mass is 127. The number of hydrogen-bond donors (Lipinski definition) is 0. The molecule has 0 aromatic carbocycles. The van der Waals surface area contributed by atoms with Crippen LogP contribution in [0.1, 0.15) is 52.4 Å². The maximum Gasteiger partial charge on any atom is 0.157 e. The van der Waals surface area contributed by atoms with Gasteiger partial charge in [-0.05, 0) is 75.7 Å². The summed E-state index contributed by atoms with van der Waals surface area (Å²) in [6.45, 7) is 14.3. The molecule has 0 aromatic rings. The summed E-state index contributed by atoms with van der Waals surface area (Å²) in [5, 5.41) is 0. The van der Waals surface area contributed by atoms with Gasteiger partial charge in [0.1, 0.15) is 0 Å². The average Bonchev–Trinajstić information content (AvgIpc) is 3.12. The molecule has 0 unspecified atom stereocenters. The van der Waals surface area contributed by atoms with Crippen LogP contribution in [0.25, 0.3) is 0 Å². The monoisotopic (exact) mass is 434 g/mol. The number of hydrogen-bond acceptors (Lipinski definition) is 3. The lowest BCUT2D eigenvalue weighted by atomic mass is 9.91. The number of halogens is 1. The predicted molar refractivity (Wildman–Crippen MR) is 103 cm³/mol. The molecule has 2 aliphatic rings. The molecule has 2 fully saturated rings. The van der Waals surface area contributed by atoms with Crippen LogP contribution in [-0.2, 0) is 14.2 Å². The van der Waals surface area contributed by atoms with Gasteiger partial charge in [-0.2, -0.15) is 0 Å². The van der Waals surface area contributed by atoms with Crippen LogP contribution in [0.2, 0.25) is 0 Å². The van der Waals surface area contributed by atoms with Crippen molar-refractivity contribution in [3.05, 3.63) is 22.3 Å². The Labute approximate surface area is 155 Å². The molecule has 23 heavy (non-hydrogen) atoms. The van der Waals surface area contributed by atoms with Crippen LogP contribution in [0, 0.1) is 11.8 Å². The second-order valence-corrected chi connectivity index (χ2v) is 8.51.